The van der Waals surface area contributed by atoms with Crippen LogP contribution < -0.4 is 10.2 Å². The summed E-state index contributed by atoms with van der Waals surface area (Å²) >= 11 is 0. The Morgan fingerprint density at radius 1 is 1.43 bits per heavy atom. The number of benzene rings is 1. The van der Waals surface area contributed by atoms with Crippen LogP contribution in [0.1, 0.15) is 43.5 Å². The van der Waals surface area contributed by atoms with Crippen molar-refractivity contribution >= 4 is 17.3 Å². The highest BCUT2D eigenvalue weighted by Gasteiger charge is 2.31. The van der Waals surface area contributed by atoms with Crippen LogP contribution in [0.4, 0.5) is 11.4 Å². The minimum atomic E-state index is -0.397. The lowest BCUT2D eigenvalue weighted by Gasteiger charge is -2.22. The average Bonchev–Trinajstić information content (AvgIpc) is 3.04. The highest BCUT2D eigenvalue weighted by molar-refractivity contribution is 5.95. The van der Waals surface area contributed by atoms with Gasteiger partial charge < -0.3 is 10.2 Å². The zero-order chi connectivity index (χ0) is 17.0. The summed E-state index contributed by atoms with van der Waals surface area (Å²) < 4.78 is 0. The van der Waals surface area contributed by atoms with Gasteiger partial charge in [-0.1, -0.05) is 26.7 Å². The van der Waals surface area contributed by atoms with Crippen LogP contribution in [-0.4, -0.2) is 31.0 Å². The molecule has 0 saturated carbocycles. The Morgan fingerprint density at radius 3 is 2.70 bits per heavy atom. The van der Waals surface area contributed by atoms with E-state index in [1.165, 1.54) is 13.1 Å². The number of nitrogens with zero attached hydrogens (tertiary/aromatic N) is 2. The zero-order valence-electron chi connectivity index (χ0n) is 14.0. The minimum absolute atomic E-state index is 0.0105. The fraction of sp³-hybridized carbons (Fsp3) is 0.588. The first kappa shape index (κ1) is 17.2. The molecule has 1 N–H and O–H groups in total. The van der Waals surface area contributed by atoms with Gasteiger partial charge in [0, 0.05) is 31.8 Å². The van der Waals surface area contributed by atoms with Gasteiger partial charge in [-0.3, -0.25) is 14.9 Å². The standard InChI is InChI=1S/C17H25N3O3/c1-4-12(5-2)14-8-9-19(11-14)15-7-6-13(17(21)18-3)10-16(15)20(22)23/h6-7,10,12,14H,4-5,8-9,11H2,1-3H3,(H,18,21). The third-order valence-electron chi connectivity index (χ3n) is 4.94. The summed E-state index contributed by atoms with van der Waals surface area (Å²) in [7, 11) is 1.52. The van der Waals surface area contributed by atoms with Crippen LogP contribution in [0.5, 0.6) is 0 Å². The molecule has 1 amide bonds. The van der Waals surface area contributed by atoms with Crippen molar-refractivity contribution in [2.24, 2.45) is 11.8 Å². The molecular weight excluding hydrogens is 294 g/mol. The minimum Gasteiger partial charge on any atom is -0.366 e. The second kappa shape index (κ2) is 7.44. The summed E-state index contributed by atoms with van der Waals surface area (Å²) in [4.78, 5) is 24.8. The Bertz CT molecular complexity index is 584. The van der Waals surface area contributed by atoms with Crippen molar-refractivity contribution in [2.75, 3.05) is 25.0 Å². The van der Waals surface area contributed by atoms with E-state index < -0.39 is 4.92 Å². The Labute approximate surface area is 137 Å². The summed E-state index contributed by atoms with van der Waals surface area (Å²) in [5, 5.41) is 13.9. The van der Waals surface area contributed by atoms with Crippen LogP contribution in [0, 0.1) is 22.0 Å². The maximum absolute atomic E-state index is 11.7. The lowest BCUT2D eigenvalue weighted by Crippen LogP contribution is -2.24. The fourth-order valence-corrected chi connectivity index (χ4v) is 3.57. The van der Waals surface area contributed by atoms with Crippen molar-refractivity contribution in [2.45, 2.75) is 33.1 Å². The Hall–Kier alpha value is -2.11. The van der Waals surface area contributed by atoms with Crippen LogP contribution in [0.25, 0.3) is 0 Å². The average molecular weight is 319 g/mol. The number of hydrogen-bond acceptors (Lipinski definition) is 4. The number of hydrogen-bond donors (Lipinski definition) is 1. The summed E-state index contributed by atoms with van der Waals surface area (Å²) in [6, 6.07) is 4.74. The molecule has 1 aliphatic rings. The predicted octanol–water partition coefficient (Wildman–Crippen LogP) is 3.22. The topological polar surface area (TPSA) is 75.5 Å². The second-order valence-electron chi connectivity index (χ2n) is 6.11. The first-order chi connectivity index (χ1) is 11.0. The number of amides is 1. The normalized spacial score (nSPS) is 17.6. The zero-order valence-corrected chi connectivity index (χ0v) is 14.0. The summed E-state index contributed by atoms with van der Waals surface area (Å²) in [6.07, 6.45) is 3.36. The molecule has 0 aromatic heterocycles. The molecule has 1 heterocycles. The van der Waals surface area contributed by atoms with E-state index in [1.54, 1.807) is 12.1 Å². The van der Waals surface area contributed by atoms with Gasteiger partial charge in [0.25, 0.3) is 11.6 Å². The van der Waals surface area contributed by atoms with E-state index in [1.807, 2.05) is 0 Å². The monoisotopic (exact) mass is 319 g/mol. The van der Waals surface area contributed by atoms with Crippen LogP contribution in [0.2, 0.25) is 0 Å². The molecule has 1 fully saturated rings. The summed E-state index contributed by atoms with van der Waals surface area (Å²) in [5.74, 6) is 0.948. The van der Waals surface area contributed by atoms with E-state index in [9.17, 15) is 14.9 Å². The molecule has 23 heavy (non-hydrogen) atoms. The number of nitro benzene ring substituents is 1. The molecule has 0 aliphatic carbocycles. The maximum Gasteiger partial charge on any atom is 0.293 e. The van der Waals surface area contributed by atoms with Gasteiger partial charge in [-0.15, -0.1) is 0 Å². The Morgan fingerprint density at radius 2 is 2.13 bits per heavy atom. The van der Waals surface area contributed by atoms with Gasteiger partial charge in [0.05, 0.1) is 4.92 Å². The second-order valence-corrected chi connectivity index (χ2v) is 6.11. The van der Waals surface area contributed by atoms with Crippen LogP contribution >= 0.6 is 0 Å². The summed E-state index contributed by atoms with van der Waals surface area (Å²) in [5.41, 5.74) is 0.950. The van der Waals surface area contributed by atoms with E-state index in [0.29, 0.717) is 23.1 Å². The molecule has 1 aromatic rings. The van der Waals surface area contributed by atoms with E-state index in [2.05, 4.69) is 24.1 Å². The fourth-order valence-electron chi connectivity index (χ4n) is 3.57. The number of nitro groups is 1. The highest BCUT2D eigenvalue weighted by atomic mass is 16.6. The van der Waals surface area contributed by atoms with E-state index in [0.717, 1.165) is 32.4 Å². The molecule has 6 heteroatoms. The van der Waals surface area contributed by atoms with Gasteiger partial charge in [0.15, 0.2) is 0 Å². The molecule has 0 bridgehead atoms. The molecule has 1 saturated heterocycles. The maximum atomic E-state index is 11.7. The third kappa shape index (κ3) is 3.63. The van der Waals surface area contributed by atoms with E-state index >= 15 is 0 Å². The molecule has 6 nitrogen and oxygen atoms in total. The van der Waals surface area contributed by atoms with Crippen molar-refractivity contribution < 1.29 is 9.72 Å². The first-order valence-electron chi connectivity index (χ1n) is 8.27. The SMILES string of the molecule is CCC(CC)C1CCN(c2ccc(C(=O)NC)cc2[N+](=O)[O-])C1. The van der Waals surface area contributed by atoms with Gasteiger partial charge in [0.2, 0.25) is 0 Å². The van der Waals surface area contributed by atoms with Gasteiger partial charge >= 0.3 is 0 Å². The van der Waals surface area contributed by atoms with Crippen LogP contribution in [0.3, 0.4) is 0 Å². The van der Waals surface area contributed by atoms with Gasteiger partial charge in [-0.2, -0.15) is 0 Å². The van der Waals surface area contributed by atoms with Gasteiger partial charge in [-0.05, 0) is 30.4 Å². The quantitative estimate of drug-likeness (QED) is 0.645. The van der Waals surface area contributed by atoms with Crippen molar-refractivity contribution in [3.8, 4) is 0 Å². The number of nitrogens with one attached hydrogen (secondary N) is 1. The number of anilines is 1. The third-order valence-corrected chi connectivity index (χ3v) is 4.94. The molecule has 0 radical (unpaired) electrons. The van der Waals surface area contributed by atoms with Crippen molar-refractivity contribution in [3.05, 3.63) is 33.9 Å². The molecular formula is C17H25N3O3. The van der Waals surface area contributed by atoms with E-state index in [4.69, 9.17) is 0 Å². The lowest BCUT2D eigenvalue weighted by atomic mass is 9.87. The van der Waals surface area contributed by atoms with Crippen LogP contribution in [-0.2, 0) is 0 Å². The molecule has 126 valence electrons. The van der Waals surface area contributed by atoms with Crippen LogP contribution in [0.15, 0.2) is 18.2 Å². The Kier molecular flexibility index (Phi) is 5.58. The summed E-state index contributed by atoms with van der Waals surface area (Å²) in [6.45, 7) is 6.10. The number of rotatable bonds is 6. The van der Waals surface area contributed by atoms with Crippen molar-refractivity contribution in [1.82, 2.24) is 5.32 Å². The molecule has 1 aliphatic heterocycles. The molecule has 2 rings (SSSR count). The predicted molar refractivity (Wildman–Crippen MR) is 90.9 cm³/mol. The largest absolute Gasteiger partial charge is 0.366 e. The smallest absolute Gasteiger partial charge is 0.293 e. The Balaban J connectivity index is 2.26. The lowest BCUT2D eigenvalue weighted by molar-refractivity contribution is -0.384. The van der Waals surface area contributed by atoms with Crippen molar-refractivity contribution in [1.29, 1.82) is 0 Å². The number of carbonyl (C=O) groups is 1. The highest BCUT2D eigenvalue weighted by Crippen LogP contribution is 2.36. The molecule has 1 aromatic carbocycles. The number of carbonyl (C=O) groups excluding carboxylic acids is 1. The van der Waals surface area contributed by atoms with E-state index in [-0.39, 0.29) is 11.6 Å². The van der Waals surface area contributed by atoms with Gasteiger partial charge in [-0.25, -0.2) is 0 Å². The van der Waals surface area contributed by atoms with Crippen molar-refractivity contribution in [3.63, 3.8) is 0 Å². The first-order valence-corrected chi connectivity index (χ1v) is 8.27. The molecule has 1 unspecified atom stereocenters. The molecule has 1 atom stereocenters. The van der Waals surface area contributed by atoms with Gasteiger partial charge in [0.1, 0.15) is 5.69 Å². The molecule has 0 spiro atoms.